The van der Waals surface area contributed by atoms with Gasteiger partial charge in [-0.3, -0.25) is 14.5 Å². The summed E-state index contributed by atoms with van der Waals surface area (Å²) < 4.78 is 4.83. The number of likely N-dealkylation sites (tertiary alicyclic amines) is 1. The molecule has 0 radical (unpaired) electrons. The second kappa shape index (κ2) is 5.91. The van der Waals surface area contributed by atoms with E-state index in [1.807, 2.05) is 0 Å². The molecule has 2 amide bonds. The minimum Gasteiger partial charge on any atom is -0.479 e. The zero-order valence-electron chi connectivity index (χ0n) is 11.8. The van der Waals surface area contributed by atoms with Gasteiger partial charge in [0.2, 0.25) is 11.8 Å². The molecule has 1 aliphatic carbocycles. The Morgan fingerprint density at radius 2 is 1.90 bits per heavy atom. The summed E-state index contributed by atoms with van der Waals surface area (Å²) in [5, 5.41) is 8.98. The highest BCUT2D eigenvalue weighted by Crippen LogP contribution is 2.44. The molecule has 6 nitrogen and oxygen atoms in total. The maximum atomic E-state index is 12.6. The Morgan fingerprint density at radius 1 is 1.30 bits per heavy atom. The molecule has 1 saturated heterocycles. The van der Waals surface area contributed by atoms with Crippen molar-refractivity contribution in [3.63, 3.8) is 0 Å². The van der Waals surface area contributed by atoms with E-state index in [9.17, 15) is 14.4 Å². The van der Waals surface area contributed by atoms with Crippen molar-refractivity contribution >= 4 is 17.8 Å². The van der Waals surface area contributed by atoms with Crippen LogP contribution in [-0.4, -0.2) is 47.5 Å². The number of rotatable bonds is 4. The van der Waals surface area contributed by atoms with Crippen LogP contribution in [0, 0.1) is 5.41 Å². The van der Waals surface area contributed by atoms with Crippen LogP contribution < -0.4 is 0 Å². The number of nitrogens with zero attached hydrogens (tertiary/aromatic N) is 1. The maximum absolute atomic E-state index is 12.6. The molecule has 1 aliphatic heterocycles. The Kier molecular flexibility index (Phi) is 4.42. The van der Waals surface area contributed by atoms with E-state index in [2.05, 4.69) is 0 Å². The Labute approximate surface area is 118 Å². The standard InChI is InChI=1S/C14H21NO5/c1-20-10(12(17)18)9-15-11(16)8-14(13(15)19)6-4-2-3-5-7-14/h10H,2-9H2,1H3,(H,17,18). The van der Waals surface area contributed by atoms with Crippen LogP contribution in [0.2, 0.25) is 0 Å². The minimum atomic E-state index is -1.16. The third kappa shape index (κ3) is 2.70. The molecule has 0 aromatic carbocycles. The SMILES string of the molecule is COC(CN1C(=O)CC2(CCCCCC2)C1=O)C(=O)O. The summed E-state index contributed by atoms with van der Waals surface area (Å²) in [5.74, 6) is -1.62. The van der Waals surface area contributed by atoms with Gasteiger partial charge in [-0.25, -0.2) is 4.79 Å². The zero-order valence-corrected chi connectivity index (χ0v) is 11.8. The molecule has 1 heterocycles. The number of imide groups is 1. The van der Waals surface area contributed by atoms with Crippen LogP contribution in [0.25, 0.3) is 0 Å². The van der Waals surface area contributed by atoms with Crippen LogP contribution in [0.4, 0.5) is 0 Å². The third-order valence-electron chi connectivity index (χ3n) is 4.46. The molecule has 1 spiro atoms. The normalized spacial score (nSPS) is 23.9. The first-order chi connectivity index (χ1) is 9.50. The van der Waals surface area contributed by atoms with E-state index >= 15 is 0 Å². The second-order valence-corrected chi connectivity index (χ2v) is 5.74. The van der Waals surface area contributed by atoms with Gasteiger partial charge in [0.25, 0.3) is 0 Å². The monoisotopic (exact) mass is 283 g/mol. The molecule has 0 aromatic rings. The molecule has 1 saturated carbocycles. The lowest BCUT2D eigenvalue weighted by Gasteiger charge is -2.25. The van der Waals surface area contributed by atoms with Gasteiger partial charge in [0, 0.05) is 13.5 Å². The van der Waals surface area contributed by atoms with E-state index in [0.29, 0.717) is 0 Å². The van der Waals surface area contributed by atoms with Crippen molar-refractivity contribution < 1.29 is 24.2 Å². The molecule has 1 unspecified atom stereocenters. The average molecular weight is 283 g/mol. The summed E-state index contributed by atoms with van der Waals surface area (Å²) in [6, 6.07) is 0. The summed E-state index contributed by atoms with van der Waals surface area (Å²) in [4.78, 5) is 36.7. The van der Waals surface area contributed by atoms with Gasteiger partial charge < -0.3 is 9.84 Å². The van der Waals surface area contributed by atoms with Crippen LogP contribution in [0.3, 0.4) is 0 Å². The second-order valence-electron chi connectivity index (χ2n) is 5.74. The van der Waals surface area contributed by atoms with Crippen molar-refractivity contribution in [3.8, 4) is 0 Å². The van der Waals surface area contributed by atoms with Gasteiger partial charge in [-0.2, -0.15) is 0 Å². The summed E-state index contributed by atoms with van der Waals surface area (Å²) in [7, 11) is 1.27. The molecule has 0 bridgehead atoms. The van der Waals surface area contributed by atoms with Crippen molar-refractivity contribution in [2.24, 2.45) is 5.41 Å². The van der Waals surface area contributed by atoms with Gasteiger partial charge in [0.1, 0.15) is 0 Å². The first-order valence-electron chi connectivity index (χ1n) is 7.10. The largest absolute Gasteiger partial charge is 0.479 e. The van der Waals surface area contributed by atoms with Crippen LogP contribution in [0.15, 0.2) is 0 Å². The fourth-order valence-electron chi connectivity index (χ4n) is 3.26. The Balaban J connectivity index is 2.13. The van der Waals surface area contributed by atoms with Gasteiger partial charge in [-0.1, -0.05) is 25.7 Å². The van der Waals surface area contributed by atoms with Gasteiger partial charge in [-0.05, 0) is 12.8 Å². The number of hydrogen-bond donors (Lipinski definition) is 1. The van der Waals surface area contributed by atoms with Gasteiger partial charge in [0.05, 0.1) is 12.0 Å². The highest BCUT2D eigenvalue weighted by molar-refractivity contribution is 6.06. The maximum Gasteiger partial charge on any atom is 0.334 e. The zero-order chi connectivity index (χ0) is 14.8. The molecule has 0 aromatic heterocycles. The van der Waals surface area contributed by atoms with E-state index in [-0.39, 0.29) is 24.8 Å². The number of hydrogen-bond acceptors (Lipinski definition) is 4. The summed E-state index contributed by atoms with van der Waals surface area (Å²) in [6.45, 7) is -0.189. The predicted molar refractivity (Wildman–Crippen MR) is 69.9 cm³/mol. The summed E-state index contributed by atoms with van der Waals surface area (Å²) >= 11 is 0. The first kappa shape index (κ1) is 15.0. The molecule has 1 atom stereocenters. The average Bonchev–Trinajstić information content (AvgIpc) is 2.59. The highest BCUT2D eigenvalue weighted by atomic mass is 16.5. The van der Waals surface area contributed by atoms with Crippen LogP contribution in [-0.2, 0) is 19.1 Å². The number of aliphatic carboxylic acids is 1. The topological polar surface area (TPSA) is 83.9 Å². The van der Waals surface area contributed by atoms with Crippen LogP contribution in [0.1, 0.15) is 44.9 Å². The molecule has 20 heavy (non-hydrogen) atoms. The number of ether oxygens (including phenoxy) is 1. The van der Waals surface area contributed by atoms with Crippen molar-refractivity contribution in [1.29, 1.82) is 0 Å². The van der Waals surface area contributed by atoms with E-state index in [4.69, 9.17) is 9.84 Å². The molecule has 1 N–H and O–H groups in total. The van der Waals surface area contributed by atoms with Crippen LogP contribution in [0.5, 0.6) is 0 Å². The molecule has 2 fully saturated rings. The molecule has 2 rings (SSSR count). The van der Waals surface area contributed by atoms with E-state index in [1.54, 1.807) is 0 Å². The Hall–Kier alpha value is -1.43. The van der Waals surface area contributed by atoms with Crippen LogP contribution >= 0.6 is 0 Å². The number of carbonyl (C=O) groups is 3. The quantitative estimate of drug-likeness (QED) is 0.783. The number of amides is 2. The smallest absolute Gasteiger partial charge is 0.334 e. The number of methoxy groups -OCH3 is 1. The first-order valence-corrected chi connectivity index (χ1v) is 7.10. The van der Waals surface area contributed by atoms with Gasteiger partial charge in [-0.15, -0.1) is 0 Å². The molecule has 6 heteroatoms. The number of carboxylic acid groups (broad SMARTS) is 1. The van der Waals surface area contributed by atoms with Gasteiger partial charge in [0.15, 0.2) is 6.10 Å². The minimum absolute atomic E-state index is 0.189. The molecule has 112 valence electrons. The van der Waals surface area contributed by atoms with Crippen molar-refractivity contribution in [2.45, 2.75) is 51.0 Å². The lowest BCUT2D eigenvalue weighted by atomic mass is 9.79. The fourth-order valence-corrected chi connectivity index (χ4v) is 3.26. The Morgan fingerprint density at radius 3 is 2.40 bits per heavy atom. The number of carboxylic acids is 1. The number of carbonyl (C=O) groups excluding carboxylic acids is 2. The van der Waals surface area contributed by atoms with E-state index in [0.717, 1.165) is 43.4 Å². The fraction of sp³-hybridized carbons (Fsp3) is 0.786. The van der Waals surface area contributed by atoms with E-state index in [1.165, 1.54) is 7.11 Å². The van der Waals surface area contributed by atoms with Crippen molar-refractivity contribution in [2.75, 3.05) is 13.7 Å². The summed E-state index contributed by atoms with van der Waals surface area (Å²) in [6.07, 6.45) is 4.65. The summed E-state index contributed by atoms with van der Waals surface area (Å²) in [5.41, 5.74) is -0.579. The Bertz CT molecular complexity index is 412. The van der Waals surface area contributed by atoms with Crippen molar-refractivity contribution in [1.82, 2.24) is 4.90 Å². The lowest BCUT2D eigenvalue weighted by molar-refractivity contribution is -0.153. The van der Waals surface area contributed by atoms with Crippen molar-refractivity contribution in [3.05, 3.63) is 0 Å². The predicted octanol–water partition coefficient (Wildman–Crippen LogP) is 1.19. The molecular formula is C14H21NO5. The molecule has 2 aliphatic rings. The van der Waals surface area contributed by atoms with Gasteiger partial charge >= 0.3 is 5.97 Å². The van der Waals surface area contributed by atoms with E-state index < -0.39 is 17.5 Å². The lowest BCUT2D eigenvalue weighted by Crippen LogP contribution is -2.43. The molecular weight excluding hydrogens is 262 g/mol. The highest BCUT2D eigenvalue weighted by Gasteiger charge is 2.51. The third-order valence-corrected chi connectivity index (χ3v) is 4.46.